The predicted octanol–water partition coefficient (Wildman–Crippen LogP) is 2.64. The van der Waals surface area contributed by atoms with Crippen LogP contribution in [0.3, 0.4) is 0 Å². The second kappa shape index (κ2) is 8.43. The molecule has 0 aliphatic rings. The highest BCUT2D eigenvalue weighted by Gasteiger charge is 2.17. The van der Waals surface area contributed by atoms with Gasteiger partial charge in [0.2, 0.25) is 0 Å². The first-order valence-electron chi connectivity index (χ1n) is 6.87. The average molecular weight is 280 g/mol. The number of nitrogens with zero attached hydrogens (tertiary/aromatic N) is 1. The molecule has 0 aliphatic carbocycles. The second-order valence-corrected chi connectivity index (χ2v) is 4.96. The third kappa shape index (κ3) is 5.09. The number of benzene rings is 1. The van der Waals surface area contributed by atoms with Gasteiger partial charge in [0.1, 0.15) is 5.75 Å². The van der Waals surface area contributed by atoms with Gasteiger partial charge in [0.25, 0.3) is 0 Å². The first-order chi connectivity index (χ1) is 9.58. The zero-order valence-corrected chi connectivity index (χ0v) is 12.5. The van der Waals surface area contributed by atoms with Crippen LogP contribution in [-0.4, -0.2) is 32.9 Å². The summed E-state index contributed by atoms with van der Waals surface area (Å²) in [7, 11) is 1.61. The summed E-state index contributed by atoms with van der Waals surface area (Å²) in [6, 6.07) is 7.32. The van der Waals surface area contributed by atoms with Crippen molar-refractivity contribution in [3.05, 3.63) is 24.3 Å². The Balaban J connectivity index is 2.78. The number of methoxy groups -OCH3 is 1. The van der Waals surface area contributed by atoms with Gasteiger partial charge in [-0.3, -0.25) is 4.90 Å². The molecule has 20 heavy (non-hydrogen) atoms. The first kappa shape index (κ1) is 16.3. The summed E-state index contributed by atoms with van der Waals surface area (Å²) in [5, 5.41) is 0. The molecule has 0 unspecified atom stereocenters. The van der Waals surface area contributed by atoms with E-state index in [1.54, 1.807) is 12.0 Å². The topological polar surface area (TPSA) is 64.8 Å². The van der Waals surface area contributed by atoms with E-state index < -0.39 is 0 Å². The molecular formula is C15H24N2O3. The minimum atomic E-state index is -0.336. The number of nitrogens with two attached hydrogens (primary N) is 1. The Morgan fingerprint density at radius 1 is 1.30 bits per heavy atom. The fourth-order valence-corrected chi connectivity index (χ4v) is 1.65. The number of amides is 1. The summed E-state index contributed by atoms with van der Waals surface area (Å²) in [5.74, 6) is 1.06. The maximum absolute atomic E-state index is 12.1. The molecule has 112 valence electrons. The predicted molar refractivity (Wildman–Crippen MR) is 80.2 cm³/mol. The van der Waals surface area contributed by atoms with Gasteiger partial charge in [0, 0.05) is 12.2 Å². The van der Waals surface area contributed by atoms with Gasteiger partial charge >= 0.3 is 6.09 Å². The Bertz CT molecular complexity index is 404. The summed E-state index contributed by atoms with van der Waals surface area (Å²) in [4.78, 5) is 13.7. The summed E-state index contributed by atoms with van der Waals surface area (Å²) in [6.07, 6.45) is 0.389. The average Bonchev–Trinajstić information content (AvgIpc) is 2.46. The molecule has 5 heteroatoms. The van der Waals surface area contributed by atoms with Crippen LogP contribution in [0.5, 0.6) is 5.75 Å². The zero-order chi connectivity index (χ0) is 15.0. The lowest BCUT2D eigenvalue weighted by atomic mass is 10.2. The summed E-state index contributed by atoms with van der Waals surface area (Å²) >= 11 is 0. The van der Waals surface area contributed by atoms with Crippen molar-refractivity contribution in [3.8, 4) is 5.75 Å². The van der Waals surface area contributed by atoms with Gasteiger partial charge in [-0.05, 0) is 43.1 Å². The summed E-state index contributed by atoms with van der Waals surface area (Å²) in [5.41, 5.74) is 6.31. The van der Waals surface area contributed by atoms with Crippen LogP contribution in [0.2, 0.25) is 0 Å². The van der Waals surface area contributed by atoms with E-state index in [0.29, 0.717) is 25.6 Å². The fourth-order valence-electron chi connectivity index (χ4n) is 1.65. The van der Waals surface area contributed by atoms with Crippen molar-refractivity contribution in [1.29, 1.82) is 0 Å². The van der Waals surface area contributed by atoms with Crippen LogP contribution in [0, 0.1) is 5.92 Å². The molecule has 0 atom stereocenters. The Morgan fingerprint density at radius 3 is 2.45 bits per heavy atom. The normalized spacial score (nSPS) is 10.4. The number of rotatable bonds is 7. The molecule has 1 amide bonds. The molecule has 1 rings (SSSR count). The minimum absolute atomic E-state index is 0.311. The summed E-state index contributed by atoms with van der Waals surface area (Å²) in [6.45, 7) is 5.49. The lowest BCUT2D eigenvalue weighted by molar-refractivity contribution is 0.140. The van der Waals surface area contributed by atoms with Gasteiger partial charge < -0.3 is 15.2 Å². The molecule has 0 spiro atoms. The van der Waals surface area contributed by atoms with Gasteiger partial charge in [-0.25, -0.2) is 4.79 Å². The third-order valence-electron chi connectivity index (χ3n) is 2.73. The Morgan fingerprint density at radius 2 is 1.95 bits per heavy atom. The van der Waals surface area contributed by atoms with Gasteiger partial charge in [-0.15, -0.1) is 0 Å². The highest BCUT2D eigenvalue weighted by Crippen LogP contribution is 2.20. The monoisotopic (exact) mass is 280 g/mol. The highest BCUT2D eigenvalue weighted by molar-refractivity contribution is 5.87. The Kier molecular flexibility index (Phi) is 6.87. The molecule has 0 aromatic heterocycles. The molecule has 0 bridgehead atoms. The van der Waals surface area contributed by atoms with Crippen molar-refractivity contribution >= 4 is 11.8 Å². The summed E-state index contributed by atoms with van der Waals surface area (Å²) < 4.78 is 10.4. The molecule has 0 saturated heterocycles. The van der Waals surface area contributed by atoms with E-state index in [2.05, 4.69) is 0 Å². The molecule has 2 N–H and O–H groups in total. The van der Waals surface area contributed by atoms with Crippen LogP contribution in [0.25, 0.3) is 0 Å². The zero-order valence-electron chi connectivity index (χ0n) is 12.5. The number of ether oxygens (including phenoxy) is 2. The number of hydrogen-bond acceptors (Lipinski definition) is 4. The quantitative estimate of drug-likeness (QED) is 0.834. The van der Waals surface area contributed by atoms with Crippen LogP contribution >= 0.6 is 0 Å². The van der Waals surface area contributed by atoms with Crippen LogP contribution in [0.4, 0.5) is 10.5 Å². The molecule has 0 heterocycles. The number of hydrogen-bond donors (Lipinski definition) is 1. The van der Waals surface area contributed by atoms with E-state index in [0.717, 1.165) is 17.9 Å². The molecule has 1 aromatic carbocycles. The Hall–Kier alpha value is -1.75. The van der Waals surface area contributed by atoms with Crippen LogP contribution in [0.1, 0.15) is 20.3 Å². The number of carbonyl (C=O) groups is 1. The molecule has 5 nitrogen and oxygen atoms in total. The highest BCUT2D eigenvalue weighted by atomic mass is 16.6. The van der Waals surface area contributed by atoms with Crippen molar-refractivity contribution in [2.24, 2.45) is 11.7 Å². The lowest BCUT2D eigenvalue weighted by Crippen LogP contribution is -2.34. The lowest BCUT2D eigenvalue weighted by Gasteiger charge is -2.22. The van der Waals surface area contributed by atoms with Crippen molar-refractivity contribution in [2.45, 2.75) is 20.3 Å². The molecule has 1 aromatic rings. The smallest absolute Gasteiger partial charge is 0.414 e. The largest absolute Gasteiger partial charge is 0.497 e. The van der Waals surface area contributed by atoms with Gasteiger partial charge in [-0.1, -0.05) is 13.8 Å². The van der Waals surface area contributed by atoms with E-state index in [9.17, 15) is 4.79 Å². The minimum Gasteiger partial charge on any atom is -0.497 e. The van der Waals surface area contributed by atoms with E-state index in [1.807, 2.05) is 38.1 Å². The molecule has 0 aliphatic heterocycles. The maximum atomic E-state index is 12.1. The van der Waals surface area contributed by atoms with Crippen molar-refractivity contribution < 1.29 is 14.3 Å². The van der Waals surface area contributed by atoms with E-state index in [1.165, 1.54) is 0 Å². The van der Waals surface area contributed by atoms with E-state index in [-0.39, 0.29) is 6.09 Å². The van der Waals surface area contributed by atoms with Crippen LogP contribution in [-0.2, 0) is 4.74 Å². The molecular weight excluding hydrogens is 256 g/mol. The molecule has 0 saturated carbocycles. The molecule has 0 radical (unpaired) electrons. The van der Waals surface area contributed by atoms with Crippen molar-refractivity contribution in [3.63, 3.8) is 0 Å². The molecule has 0 fully saturated rings. The van der Waals surface area contributed by atoms with Gasteiger partial charge in [-0.2, -0.15) is 0 Å². The third-order valence-corrected chi connectivity index (χ3v) is 2.73. The van der Waals surface area contributed by atoms with Crippen LogP contribution < -0.4 is 15.4 Å². The fraction of sp³-hybridized carbons (Fsp3) is 0.533. The maximum Gasteiger partial charge on any atom is 0.414 e. The number of anilines is 1. The first-order valence-corrected chi connectivity index (χ1v) is 6.87. The Labute approximate surface area is 120 Å². The standard InChI is InChI=1S/C15H24N2O3/c1-12(2)11-20-15(18)17(10-4-9-16)13-5-7-14(19-3)8-6-13/h5-8,12H,4,9-11,16H2,1-3H3. The number of carbonyl (C=O) groups excluding carboxylic acids is 1. The van der Waals surface area contributed by atoms with Crippen molar-refractivity contribution in [2.75, 3.05) is 31.7 Å². The SMILES string of the molecule is COc1ccc(N(CCCN)C(=O)OCC(C)C)cc1. The van der Waals surface area contributed by atoms with Gasteiger partial charge in [0.05, 0.1) is 13.7 Å². The second-order valence-electron chi connectivity index (χ2n) is 4.96. The van der Waals surface area contributed by atoms with E-state index in [4.69, 9.17) is 15.2 Å². The van der Waals surface area contributed by atoms with E-state index >= 15 is 0 Å². The van der Waals surface area contributed by atoms with Crippen LogP contribution in [0.15, 0.2) is 24.3 Å². The van der Waals surface area contributed by atoms with Gasteiger partial charge in [0.15, 0.2) is 0 Å². The van der Waals surface area contributed by atoms with Crippen molar-refractivity contribution in [1.82, 2.24) is 0 Å².